The second-order valence-electron chi connectivity index (χ2n) is 7.46. The van der Waals surface area contributed by atoms with E-state index in [0.29, 0.717) is 29.3 Å². The van der Waals surface area contributed by atoms with Gasteiger partial charge < -0.3 is 4.74 Å². The van der Waals surface area contributed by atoms with Crippen LogP contribution in [0.2, 0.25) is 0 Å². The van der Waals surface area contributed by atoms with Crippen molar-refractivity contribution >= 4 is 39.3 Å². The molecule has 0 saturated carbocycles. The van der Waals surface area contributed by atoms with Crippen molar-refractivity contribution in [2.45, 2.75) is 29.7 Å². The Hall–Kier alpha value is -2.71. The van der Waals surface area contributed by atoms with Crippen molar-refractivity contribution in [2.24, 2.45) is 0 Å². The first-order valence-electron chi connectivity index (χ1n) is 9.90. The fourth-order valence-electron chi connectivity index (χ4n) is 3.77. The van der Waals surface area contributed by atoms with Crippen LogP contribution in [0.1, 0.15) is 39.5 Å². The SMILES string of the molecule is COc1ccc(C2CC(=O)c3cn4nc(SCc5ccc(Br)cc5)nc4nc3C2)cc1. The number of carbonyl (C=O) groups is 1. The molecule has 4 aromatic rings. The summed E-state index contributed by atoms with van der Waals surface area (Å²) in [6, 6.07) is 16.1. The van der Waals surface area contributed by atoms with Gasteiger partial charge in [0.2, 0.25) is 5.16 Å². The summed E-state index contributed by atoms with van der Waals surface area (Å²) in [6.45, 7) is 0. The zero-order valence-corrected chi connectivity index (χ0v) is 19.2. The summed E-state index contributed by atoms with van der Waals surface area (Å²) in [5, 5.41) is 5.16. The van der Waals surface area contributed by atoms with Gasteiger partial charge in [-0.1, -0.05) is 52.0 Å². The van der Waals surface area contributed by atoms with Crippen molar-refractivity contribution in [3.63, 3.8) is 0 Å². The second kappa shape index (κ2) is 8.43. The number of hydrogen-bond acceptors (Lipinski definition) is 6. The number of Topliss-reactive ketones (excluding diaryl/α,β-unsaturated/α-hetero) is 1. The number of carbonyl (C=O) groups excluding carboxylic acids is 1. The maximum atomic E-state index is 12.8. The maximum absolute atomic E-state index is 12.8. The number of nitrogens with zero attached hydrogens (tertiary/aromatic N) is 4. The number of fused-ring (bicyclic) bond motifs is 2. The van der Waals surface area contributed by atoms with E-state index < -0.39 is 0 Å². The van der Waals surface area contributed by atoms with E-state index in [-0.39, 0.29) is 11.7 Å². The molecule has 0 radical (unpaired) electrons. The van der Waals surface area contributed by atoms with E-state index in [1.54, 1.807) is 29.6 Å². The van der Waals surface area contributed by atoms with Gasteiger partial charge in [0, 0.05) is 22.8 Å². The molecule has 1 aliphatic rings. The molecule has 2 heterocycles. The summed E-state index contributed by atoms with van der Waals surface area (Å²) in [7, 11) is 1.65. The van der Waals surface area contributed by atoms with Crippen molar-refractivity contribution in [1.82, 2.24) is 19.6 Å². The van der Waals surface area contributed by atoms with E-state index in [2.05, 4.69) is 43.1 Å². The molecule has 2 aromatic carbocycles. The minimum atomic E-state index is 0.0935. The van der Waals surface area contributed by atoms with Crippen LogP contribution in [0.4, 0.5) is 0 Å². The zero-order chi connectivity index (χ0) is 21.4. The van der Waals surface area contributed by atoms with Gasteiger partial charge in [-0.25, -0.2) is 9.50 Å². The molecule has 1 unspecified atom stereocenters. The van der Waals surface area contributed by atoms with E-state index in [1.807, 2.05) is 36.4 Å². The first-order chi connectivity index (χ1) is 15.1. The van der Waals surface area contributed by atoms with Crippen molar-refractivity contribution < 1.29 is 9.53 Å². The number of halogens is 1. The van der Waals surface area contributed by atoms with Gasteiger partial charge in [0.1, 0.15) is 5.75 Å². The van der Waals surface area contributed by atoms with Crippen LogP contribution in [0.3, 0.4) is 0 Å². The number of hydrogen-bond donors (Lipinski definition) is 0. The first-order valence-corrected chi connectivity index (χ1v) is 11.7. The van der Waals surface area contributed by atoms with E-state index in [9.17, 15) is 4.79 Å². The lowest BCUT2D eigenvalue weighted by atomic mass is 9.82. The minimum absolute atomic E-state index is 0.0935. The Morgan fingerprint density at radius 3 is 2.61 bits per heavy atom. The van der Waals surface area contributed by atoms with Gasteiger partial charge in [-0.15, -0.1) is 5.10 Å². The van der Waals surface area contributed by atoms with Gasteiger partial charge in [0.05, 0.1) is 18.4 Å². The predicted octanol–water partition coefficient (Wildman–Crippen LogP) is 5.10. The van der Waals surface area contributed by atoms with Crippen LogP contribution < -0.4 is 4.74 Å². The Morgan fingerprint density at radius 2 is 1.87 bits per heavy atom. The van der Waals surface area contributed by atoms with Gasteiger partial charge in [-0.2, -0.15) is 4.98 Å². The summed E-state index contributed by atoms with van der Waals surface area (Å²) >= 11 is 5.01. The average Bonchev–Trinajstić information content (AvgIpc) is 3.19. The largest absolute Gasteiger partial charge is 0.497 e. The Labute approximate surface area is 192 Å². The first kappa shape index (κ1) is 20.2. The highest BCUT2D eigenvalue weighted by molar-refractivity contribution is 9.10. The molecular weight excluding hydrogens is 476 g/mol. The number of methoxy groups -OCH3 is 1. The summed E-state index contributed by atoms with van der Waals surface area (Å²) in [6.07, 6.45) is 2.95. The fraction of sp³-hybridized carbons (Fsp3) is 0.217. The van der Waals surface area contributed by atoms with Crippen LogP contribution in [0.15, 0.2) is 64.4 Å². The number of thioether (sulfide) groups is 1. The highest BCUT2D eigenvalue weighted by atomic mass is 79.9. The molecule has 0 fully saturated rings. The second-order valence-corrected chi connectivity index (χ2v) is 9.32. The topological polar surface area (TPSA) is 69.4 Å². The molecule has 0 saturated heterocycles. The van der Waals surface area contributed by atoms with Crippen molar-refractivity contribution in [3.05, 3.63) is 81.6 Å². The summed E-state index contributed by atoms with van der Waals surface area (Å²) in [5.74, 6) is 2.30. The highest BCUT2D eigenvalue weighted by Crippen LogP contribution is 2.33. The molecule has 8 heteroatoms. The highest BCUT2D eigenvalue weighted by Gasteiger charge is 2.28. The van der Waals surface area contributed by atoms with Crippen LogP contribution in [-0.4, -0.2) is 32.5 Å². The molecule has 5 rings (SSSR count). The molecule has 1 aliphatic carbocycles. The normalized spacial score (nSPS) is 15.8. The maximum Gasteiger partial charge on any atom is 0.253 e. The molecule has 1 atom stereocenters. The van der Waals surface area contributed by atoms with E-state index >= 15 is 0 Å². The molecule has 6 nitrogen and oxygen atoms in total. The molecular formula is C23H19BrN4O2S. The third kappa shape index (κ3) is 4.22. The van der Waals surface area contributed by atoms with Crippen LogP contribution in [0.5, 0.6) is 5.75 Å². The van der Waals surface area contributed by atoms with Gasteiger partial charge in [0.25, 0.3) is 5.78 Å². The van der Waals surface area contributed by atoms with Gasteiger partial charge in [-0.05, 0) is 47.7 Å². The van der Waals surface area contributed by atoms with Gasteiger partial charge >= 0.3 is 0 Å². The van der Waals surface area contributed by atoms with E-state index in [0.717, 1.165) is 27.2 Å². The predicted molar refractivity (Wildman–Crippen MR) is 123 cm³/mol. The lowest BCUT2D eigenvalue weighted by Crippen LogP contribution is -2.21. The Bertz CT molecular complexity index is 1260. The van der Waals surface area contributed by atoms with Crippen LogP contribution in [-0.2, 0) is 12.2 Å². The number of aromatic nitrogens is 4. The number of ether oxygens (including phenoxy) is 1. The molecule has 0 N–H and O–H groups in total. The Balaban J connectivity index is 1.38. The molecule has 0 aliphatic heterocycles. The quantitative estimate of drug-likeness (QED) is 0.359. The fourth-order valence-corrected chi connectivity index (χ4v) is 4.81. The number of benzene rings is 2. The third-order valence-electron chi connectivity index (χ3n) is 5.43. The van der Waals surface area contributed by atoms with Crippen molar-refractivity contribution in [2.75, 3.05) is 7.11 Å². The lowest BCUT2D eigenvalue weighted by Gasteiger charge is -2.23. The van der Waals surface area contributed by atoms with Gasteiger partial charge in [0.15, 0.2) is 5.78 Å². The Morgan fingerprint density at radius 1 is 1.10 bits per heavy atom. The molecule has 31 heavy (non-hydrogen) atoms. The standard InChI is InChI=1S/C23H19BrN4O2S/c1-30-18-8-4-15(5-9-18)16-10-20-19(21(29)11-16)12-28-22(25-20)26-23(27-28)31-13-14-2-6-17(24)7-3-14/h2-9,12,16H,10-11,13H2,1H3. The minimum Gasteiger partial charge on any atom is -0.497 e. The smallest absolute Gasteiger partial charge is 0.253 e. The molecule has 0 spiro atoms. The monoisotopic (exact) mass is 494 g/mol. The van der Waals surface area contributed by atoms with Crippen LogP contribution >= 0.6 is 27.7 Å². The average molecular weight is 495 g/mol. The molecule has 0 amide bonds. The molecule has 156 valence electrons. The summed E-state index contributed by atoms with van der Waals surface area (Å²) in [4.78, 5) is 22.1. The van der Waals surface area contributed by atoms with Crippen molar-refractivity contribution in [3.8, 4) is 5.75 Å². The Kier molecular flexibility index (Phi) is 5.50. The summed E-state index contributed by atoms with van der Waals surface area (Å²) < 4.78 is 7.91. The molecule has 0 bridgehead atoms. The van der Waals surface area contributed by atoms with Crippen molar-refractivity contribution in [1.29, 1.82) is 0 Å². The third-order valence-corrected chi connectivity index (χ3v) is 6.87. The van der Waals surface area contributed by atoms with Crippen LogP contribution in [0.25, 0.3) is 5.78 Å². The number of ketones is 1. The van der Waals surface area contributed by atoms with Gasteiger partial charge in [-0.3, -0.25) is 4.79 Å². The van der Waals surface area contributed by atoms with E-state index in [4.69, 9.17) is 4.74 Å². The zero-order valence-electron chi connectivity index (χ0n) is 16.8. The van der Waals surface area contributed by atoms with E-state index in [1.165, 1.54) is 5.56 Å². The molecule has 2 aromatic heterocycles. The number of rotatable bonds is 5. The summed E-state index contributed by atoms with van der Waals surface area (Å²) in [5.41, 5.74) is 3.75. The lowest BCUT2D eigenvalue weighted by molar-refractivity contribution is 0.0962. The van der Waals surface area contributed by atoms with Crippen LogP contribution in [0, 0.1) is 0 Å².